The van der Waals surface area contributed by atoms with Crippen LogP contribution in [-0.2, 0) is 16.0 Å². The maximum absolute atomic E-state index is 12.6. The van der Waals surface area contributed by atoms with Gasteiger partial charge in [-0.2, -0.15) is 0 Å². The first-order chi connectivity index (χ1) is 13.5. The number of hydrogen-bond donors (Lipinski definition) is 1. The Bertz CT molecular complexity index is 1010. The molecule has 1 atom stereocenters. The quantitative estimate of drug-likeness (QED) is 0.720. The zero-order valence-electron chi connectivity index (χ0n) is 16.1. The van der Waals surface area contributed by atoms with Gasteiger partial charge in [0.15, 0.2) is 0 Å². The van der Waals surface area contributed by atoms with E-state index in [1.165, 1.54) is 0 Å². The summed E-state index contributed by atoms with van der Waals surface area (Å²) in [4.78, 5) is 31.4. The second-order valence-electron chi connectivity index (χ2n) is 7.24. The number of carbonyl (C=O) groups excluding carboxylic acids is 2. The van der Waals surface area contributed by atoms with Crippen LogP contribution in [0.1, 0.15) is 22.6 Å². The third kappa shape index (κ3) is 3.64. The Morgan fingerprint density at radius 1 is 1.21 bits per heavy atom. The fourth-order valence-electron chi connectivity index (χ4n) is 3.61. The van der Waals surface area contributed by atoms with Gasteiger partial charge in [0.1, 0.15) is 0 Å². The smallest absolute Gasteiger partial charge is 0.227 e. The van der Waals surface area contributed by atoms with E-state index in [0.717, 1.165) is 32.0 Å². The Balaban J connectivity index is 1.35. The Hall–Kier alpha value is -2.73. The van der Waals surface area contributed by atoms with E-state index in [1.54, 1.807) is 16.2 Å². The highest BCUT2D eigenvalue weighted by Gasteiger charge is 2.35. The number of amides is 2. The van der Waals surface area contributed by atoms with Crippen molar-refractivity contribution >= 4 is 39.1 Å². The lowest BCUT2D eigenvalue weighted by Crippen LogP contribution is -2.34. The van der Waals surface area contributed by atoms with Crippen LogP contribution >= 0.6 is 11.3 Å². The van der Waals surface area contributed by atoms with Gasteiger partial charge in [0.2, 0.25) is 11.8 Å². The van der Waals surface area contributed by atoms with Gasteiger partial charge in [0, 0.05) is 31.6 Å². The topological polar surface area (TPSA) is 62.3 Å². The molecule has 0 aliphatic carbocycles. The number of nitrogens with zero attached hydrogens (tertiary/aromatic N) is 2. The van der Waals surface area contributed by atoms with Gasteiger partial charge < -0.3 is 10.2 Å². The highest BCUT2D eigenvalue weighted by Crippen LogP contribution is 2.29. The summed E-state index contributed by atoms with van der Waals surface area (Å²) in [6.45, 7) is 5.03. The summed E-state index contributed by atoms with van der Waals surface area (Å²) < 4.78 is 1.16. The van der Waals surface area contributed by atoms with Crippen LogP contribution in [0.15, 0.2) is 42.5 Å². The minimum Gasteiger partial charge on any atom is -0.355 e. The number of anilines is 1. The normalized spacial score (nSPS) is 16.7. The molecule has 1 aliphatic rings. The third-order valence-corrected chi connectivity index (χ3v) is 6.44. The molecule has 144 valence electrons. The van der Waals surface area contributed by atoms with E-state index in [0.29, 0.717) is 19.5 Å². The molecule has 1 aliphatic heterocycles. The molecule has 3 aromatic rings. The molecule has 0 radical (unpaired) electrons. The third-order valence-electron chi connectivity index (χ3n) is 5.34. The summed E-state index contributed by atoms with van der Waals surface area (Å²) >= 11 is 1.66. The van der Waals surface area contributed by atoms with Crippen LogP contribution < -0.4 is 10.2 Å². The molecule has 2 aromatic carbocycles. The first kappa shape index (κ1) is 18.6. The van der Waals surface area contributed by atoms with Crippen LogP contribution in [0.3, 0.4) is 0 Å². The molecule has 28 heavy (non-hydrogen) atoms. The average Bonchev–Trinajstić information content (AvgIpc) is 3.27. The highest BCUT2D eigenvalue weighted by atomic mass is 32.1. The van der Waals surface area contributed by atoms with Crippen molar-refractivity contribution in [1.29, 1.82) is 0 Å². The highest BCUT2D eigenvalue weighted by molar-refractivity contribution is 7.18. The van der Waals surface area contributed by atoms with Crippen molar-refractivity contribution in [2.24, 2.45) is 5.92 Å². The van der Waals surface area contributed by atoms with E-state index in [1.807, 2.05) is 50.2 Å². The molecule has 1 fully saturated rings. The number of aryl methyl sites for hydroxylation is 1. The largest absolute Gasteiger partial charge is 0.355 e. The summed E-state index contributed by atoms with van der Waals surface area (Å²) in [6.07, 6.45) is 0.965. The molecule has 2 amide bonds. The molecule has 4 rings (SSSR count). The number of rotatable bonds is 5. The molecule has 1 N–H and O–H groups in total. The van der Waals surface area contributed by atoms with Crippen LogP contribution in [0.2, 0.25) is 0 Å². The van der Waals surface area contributed by atoms with E-state index < -0.39 is 0 Å². The lowest BCUT2D eigenvalue weighted by Gasteiger charge is -2.20. The van der Waals surface area contributed by atoms with E-state index in [2.05, 4.69) is 16.4 Å². The molecule has 5 nitrogen and oxygen atoms in total. The van der Waals surface area contributed by atoms with Gasteiger partial charge in [-0.3, -0.25) is 9.59 Å². The molecule has 2 heterocycles. The lowest BCUT2D eigenvalue weighted by atomic mass is 10.1. The van der Waals surface area contributed by atoms with Crippen LogP contribution in [0.4, 0.5) is 5.69 Å². The standard InChI is InChI=1S/C22H23N3O2S/c1-14-6-5-8-18(15(14)2)25-13-16(12-21(25)26)22(27)23-11-10-20-24-17-7-3-4-9-19(17)28-20/h3-9,16H,10-13H2,1-2H3,(H,23,27). The zero-order valence-corrected chi connectivity index (χ0v) is 16.9. The molecule has 1 saturated heterocycles. The summed E-state index contributed by atoms with van der Waals surface area (Å²) in [5, 5.41) is 4.00. The Labute approximate surface area is 168 Å². The van der Waals surface area contributed by atoms with Crippen molar-refractivity contribution in [2.45, 2.75) is 26.7 Å². The van der Waals surface area contributed by atoms with Gasteiger partial charge >= 0.3 is 0 Å². The van der Waals surface area contributed by atoms with Gasteiger partial charge in [-0.1, -0.05) is 24.3 Å². The van der Waals surface area contributed by atoms with Crippen molar-refractivity contribution in [2.75, 3.05) is 18.0 Å². The molecular formula is C22H23N3O2S. The molecule has 0 bridgehead atoms. The van der Waals surface area contributed by atoms with E-state index in [-0.39, 0.29) is 24.2 Å². The molecule has 6 heteroatoms. The first-order valence-electron chi connectivity index (χ1n) is 9.51. The average molecular weight is 394 g/mol. The molecule has 0 saturated carbocycles. The van der Waals surface area contributed by atoms with Gasteiger partial charge in [-0.05, 0) is 43.2 Å². The van der Waals surface area contributed by atoms with Crippen LogP contribution in [0.5, 0.6) is 0 Å². The van der Waals surface area contributed by atoms with Gasteiger partial charge in [0.05, 0.1) is 21.1 Å². The van der Waals surface area contributed by atoms with Gasteiger partial charge in [-0.15, -0.1) is 11.3 Å². The predicted octanol–water partition coefficient (Wildman–Crippen LogP) is 3.62. The van der Waals surface area contributed by atoms with Gasteiger partial charge in [0.25, 0.3) is 0 Å². The van der Waals surface area contributed by atoms with Gasteiger partial charge in [-0.25, -0.2) is 4.98 Å². The summed E-state index contributed by atoms with van der Waals surface area (Å²) in [6, 6.07) is 14.0. The number of benzene rings is 2. The minimum absolute atomic E-state index is 0.0139. The fourth-order valence-corrected chi connectivity index (χ4v) is 4.57. The van der Waals surface area contributed by atoms with E-state index >= 15 is 0 Å². The van der Waals surface area contributed by atoms with Crippen LogP contribution in [-0.4, -0.2) is 29.9 Å². The van der Waals surface area contributed by atoms with E-state index in [9.17, 15) is 9.59 Å². The summed E-state index contributed by atoms with van der Waals surface area (Å²) in [5.74, 6) is -0.343. The first-order valence-corrected chi connectivity index (χ1v) is 10.3. The predicted molar refractivity (Wildman–Crippen MR) is 113 cm³/mol. The monoisotopic (exact) mass is 393 g/mol. The Morgan fingerprint density at radius 2 is 2.04 bits per heavy atom. The van der Waals surface area contributed by atoms with Crippen LogP contribution in [0, 0.1) is 19.8 Å². The van der Waals surface area contributed by atoms with Crippen molar-refractivity contribution in [3.63, 3.8) is 0 Å². The Kier molecular flexibility index (Phi) is 5.13. The maximum Gasteiger partial charge on any atom is 0.227 e. The number of para-hydroxylation sites is 1. The van der Waals surface area contributed by atoms with Crippen molar-refractivity contribution in [1.82, 2.24) is 10.3 Å². The van der Waals surface area contributed by atoms with Crippen molar-refractivity contribution in [3.8, 4) is 0 Å². The SMILES string of the molecule is Cc1cccc(N2CC(C(=O)NCCc3nc4ccccc4s3)CC2=O)c1C. The molecule has 1 aromatic heterocycles. The number of carbonyl (C=O) groups is 2. The number of nitrogens with one attached hydrogen (secondary N) is 1. The van der Waals surface area contributed by atoms with Crippen molar-refractivity contribution in [3.05, 3.63) is 58.6 Å². The number of hydrogen-bond acceptors (Lipinski definition) is 4. The Morgan fingerprint density at radius 3 is 2.86 bits per heavy atom. The number of thiazole rings is 1. The minimum atomic E-state index is -0.303. The molecular weight excluding hydrogens is 370 g/mol. The molecule has 1 unspecified atom stereocenters. The summed E-state index contributed by atoms with van der Waals surface area (Å²) in [5.41, 5.74) is 4.15. The second kappa shape index (κ2) is 7.72. The second-order valence-corrected chi connectivity index (χ2v) is 8.36. The molecule has 0 spiro atoms. The fraction of sp³-hybridized carbons (Fsp3) is 0.318. The lowest BCUT2D eigenvalue weighted by molar-refractivity contribution is -0.126. The van der Waals surface area contributed by atoms with E-state index in [4.69, 9.17) is 0 Å². The maximum atomic E-state index is 12.6. The van der Waals surface area contributed by atoms with Crippen molar-refractivity contribution < 1.29 is 9.59 Å². The number of fused-ring (bicyclic) bond motifs is 1. The summed E-state index contributed by atoms with van der Waals surface area (Å²) in [7, 11) is 0. The zero-order chi connectivity index (χ0) is 19.7. The van der Waals surface area contributed by atoms with Crippen LogP contribution in [0.25, 0.3) is 10.2 Å². The number of aromatic nitrogens is 1.